The van der Waals surface area contributed by atoms with Crippen LogP contribution in [0.25, 0.3) is 0 Å². The molecule has 0 amide bonds. The third-order valence-corrected chi connectivity index (χ3v) is 3.56. The van der Waals surface area contributed by atoms with Crippen molar-refractivity contribution in [1.29, 1.82) is 0 Å². The molecule has 0 unspecified atom stereocenters. The normalized spacial score (nSPS) is 14.8. The van der Waals surface area contributed by atoms with Crippen LogP contribution in [0, 0.1) is 0 Å². The molecule has 0 aromatic heterocycles. The monoisotopic (exact) mass is 262 g/mol. The first-order chi connectivity index (χ1) is 9.40. The second-order valence-electron chi connectivity index (χ2n) is 5.12. The maximum atomic E-state index is 5.65. The summed E-state index contributed by atoms with van der Waals surface area (Å²) in [5, 5.41) is 3.50. The fourth-order valence-corrected chi connectivity index (χ4v) is 2.29. The fraction of sp³-hybridized carbons (Fsp3) is 0.625. The Bertz CT molecular complexity index is 338. The van der Waals surface area contributed by atoms with Gasteiger partial charge in [-0.05, 0) is 44.5 Å². The van der Waals surface area contributed by atoms with Gasteiger partial charge in [0.1, 0.15) is 5.75 Å². The molecule has 0 aliphatic heterocycles. The van der Waals surface area contributed by atoms with Crippen LogP contribution in [-0.2, 0) is 0 Å². The predicted molar refractivity (Wildman–Crippen MR) is 79.7 cm³/mol. The Morgan fingerprint density at radius 3 is 2.68 bits per heavy atom. The van der Waals surface area contributed by atoms with E-state index in [-0.39, 0.29) is 0 Å². The summed E-state index contributed by atoms with van der Waals surface area (Å²) in [5.41, 5.74) is 0. The number of ether oxygens (including phenoxy) is 1. The molecule has 1 aromatic rings. The van der Waals surface area contributed by atoms with Gasteiger partial charge in [0.15, 0.2) is 0 Å². The number of likely N-dealkylation sites (N-methyl/N-ethyl adjacent to an activating group) is 1. The lowest BCUT2D eigenvalue weighted by Crippen LogP contribution is -2.34. The van der Waals surface area contributed by atoms with Crippen LogP contribution in [0.5, 0.6) is 5.75 Å². The topological polar surface area (TPSA) is 24.5 Å². The van der Waals surface area contributed by atoms with Crippen LogP contribution in [0.1, 0.15) is 26.2 Å². The van der Waals surface area contributed by atoms with Crippen LogP contribution < -0.4 is 10.1 Å². The highest BCUT2D eigenvalue weighted by molar-refractivity contribution is 5.20. The molecule has 1 saturated carbocycles. The molecular weight excluding hydrogens is 236 g/mol. The molecular formula is C16H26N2O. The summed E-state index contributed by atoms with van der Waals surface area (Å²) < 4.78 is 5.65. The van der Waals surface area contributed by atoms with Crippen molar-refractivity contribution in [1.82, 2.24) is 10.2 Å². The van der Waals surface area contributed by atoms with Gasteiger partial charge >= 0.3 is 0 Å². The molecule has 3 heteroatoms. The van der Waals surface area contributed by atoms with E-state index < -0.39 is 0 Å². The minimum absolute atomic E-state index is 0.789. The zero-order chi connectivity index (χ0) is 13.3. The number of hydrogen-bond acceptors (Lipinski definition) is 3. The fourth-order valence-electron chi connectivity index (χ4n) is 2.29. The quantitative estimate of drug-likeness (QED) is 0.656. The molecule has 1 aliphatic carbocycles. The Labute approximate surface area is 116 Å². The highest BCUT2D eigenvalue weighted by atomic mass is 16.5. The average molecular weight is 262 g/mol. The van der Waals surface area contributed by atoms with E-state index in [9.17, 15) is 0 Å². The number of nitrogens with one attached hydrogen (secondary N) is 1. The maximum absolute atomic E-state index is 5.65. The molecule has 0 saturated heterocycles. The zero-order valence-electron chi connectivity index (χ0n) is 12.0. The lowest BCUT2D eigenvalue weighted by atomic mass is 10.3. The molecule has 1 fully saturated rings. The summed E-state index contributed by atoms with van der Waals surface area (Å²) in [6.07, 6.45) is 3.86. The SMILES string of the molecule is CCN(CCNCCCOc1ccccc1)C1CC1. The van der Waals surface area contributed by atoms with Crippen LogP contribution in [0.2, 0.25) is 0 Å². The number of para-hydroxylation sites is 1. The molecule has 0 heterocycles. The Balaban J connectivity index is 1.44. The molecule has 0 radical (unpaired) electrons. The molecule has 106 valence electrons. The van der Waals surface area contributed by atoms with Gasteiger partial charge in [-0.1, -0.05) is 25.1 Å². The van der Waals surface area contributed by atoms with Crippen LogP contribution in [-0.4, -0.2) is 43.7 Å². The summed E-state index contributed by atoms with van der Waals surface area (Å²) in [6.45, 7) is 7.54. The molecule has 3 nitrogen and oxygen atoms in total. The first-order valence-corrected chi connectivity index (χ1v) is 7.52. The smallest absolute Gasteiger partial charge is 0.119 e. The number of nitrogens with zero attached hydrogens (tertiary/aromatic N) is 1. The second-order valence-corrected chi connectivity index (χ2v) is 5.12. The van der Waals surface area contributed by atoms with Crippen molar-refractivity contribution in [2.45, 2.75) is 32.2 Å². The van der Waals surface area contributed by atoms with E-state index >= 15 is 0 Å². The van der Waals surface area contributed by atoms with E-state index in [1.807, 2.05) is 30.3 Å². The first-order valence-electron chi connectivity index (χ1n) is 7.52. The maximum Gasteiger partial charge on any atom is 0.119 e. The Morgan fingerprint density at radius 2 is 2.00 bits per heavy atom. The Hall–Kier alpha value is -1.06. The van der Waals surface area contributed by atoms with Gasteiger partial charge in [0.05, 0.1) is 6.61 Å². The van der Waals surface area contributed by atoms with Crippen molar-refractivity contribution in [3.63, 3.8) is 0 Å². The van der Waals surface area contributed by atoms with Gasteiger partial charge in [0, 0.05) is 19.1 Å². The standard InChI is InChI=1S/C16H26N2O/c1-2-18(15-9-10-15)13-12-17-11-6-14-19-16-7-4-3-5-8-16/h3-5,7-8,15,17H,2,6,9-14H2,1H3. The summed E-state index contributed by atoms with van der Waals surface area (Å²) in [6, 6.07) is 10.9. The zero-order valence-corrected chi connectivity index (χ0v) is 12.0. The third-order valence-electron chi connectivity index (χ3n) is 3.56. The van der Waals surface area contributed by atoms with Gasteiger partial charge < -0.3 is 10.1 Å². The van der Waals surface area contributed by atoms with E-state index in [2.05, 4.69) is 17.1 Å². The van der Waals surface area contributed by atoms with E-state index in [4.69, 9.17) is 4.74 Å². The van der Waals surface area contributed by atoms with Gasteiger partial charge in [-0.2, -0.15) is 0 Å². The van der Waals surface area contributed by atoms with E-state index in [1.54, 1.807) is 0 Å². The van der Waals surface area contributed by atoms with Crippen LogP contribution in [0.4, 0.5) is 0 Å². The largest absolute Gasteiger partial charge is 0.494 e. The summed E-state index contributed by atoms with van der Waals surface area (Å²) in [4.78, 5) is 2.58. The molecule has 2 rings (SSSR count). The third kappa shape index (κ3) is 5.62. The first kappa shape index (κ1) is 14.4. The second kappa shape index (κ2) is 8.18. The lowest BCUT2D eigenvalue weighted by Gasteiger charge is -2.19. The number of rotatable bonds is 10. The van der Waals surface area contributed by atoms with E-state index in [0.717, 1.165) is 37.9 Å². The highest BCUT2D eigenvalue weighted by Gasteiger charge is 2.26. The van der Waals surface area contributed by atoms with Crippen molar-refractivity contribution in [3.05, 3.63) is 30.3 Å². The minimum Gasteiger partial charge on any atom is -0.494 e. The van der Waals surface area contributed by atoms with Crippen molar-refractivity contribution in [2.75, 3.05) is 32.8 Å². The molecule has 19 heavy (non-hydrogen) atoms. The van der Waals surface area contributed by atoms with E-state index in [1.165, 1.54) is 25.9 Å². The van der Waals surface area contributed by atoms with E-state index in [0.29, 0.717) is 0 Å². The van der Waals surface area contributed by atoms with Crippen molar-refractivity contribution in [2.24, 2.45) is 0 Å². The predicted octanol–water partition coefficient (Wildman–Crippen LogP) is 2.53. The number of benzene rings is 1. The van der Waals surface area contributed by atoms with Gasteiger partial charge in [-0.15, -0.1) is 0 Å². The van der Waals surface area contributed by atoms with Crippen LogP contribution in [0.15, 0.2) is 30.3 Å². The highest BCUT2D eigenvalue weighted by Crippen LogP contribution is 2.25. The van der Waals surface area contributed by atoms with Gasteiger partial charge in [-0.3, -0.25) is 4.90 Å². The molecule has 1 aliphatic rings. The molecule has 0 atom stereocenters. The van der Waals surface area contributed by atoms with Crippen molar-refractivity contribution < 1.29 is 4.74 Å². The number of hydrogen-bond donors (Lipinski definition) is 1. The van der Waals surface area contributed by atoms with Crippen molar-refractivity contribution in [3.8, 4) is 5.75 Å². The Morgan fingerprint density at radius 1 is 1.21 bits per heavy atom. The molecule has 1 aromatic carbocycles. The van der Waals surface area contributed by atoms with Crippen LogP contribution >= 0.6 is 0 Å². The van der Waals surface area contributed by atoms with Gasteiger partial charge in [0.2, 0.25) is 0 Å². The average Bonchev–Trinajstić information content (AvgIpc) is 3.28. The molecule has 0 spiro atoms. The minimum atomic E-state index is 0.789. The van der Waals surface area contributed by atoms with Gasteiger partial charge in [-0.25, -0.2) is 0 Å². The van der Waals surface area contributed by atoms with Gasteiger partial charge in [0.25, 0.3) is 0 Å². The van der Waals surface area contributed by atoms with Crippen LogP contribution in [0.3, 0.4) is 0 Å². The molecule has 0 bridgehead atoms. The summed E-state index contributed by atoms with van der Waals surface area (Å²) in [7, 11) is 0. The lowest BCUT2D eigenvalue weighted by molar-refractivity contribution is 0.272. The van der Waals surface area contributed by atoms with Crippen molar-refractivity contribution >= 4 is 0 Å². The molecule has 1 N–H and O–H groups in total. The summed E-state index contributed by atoms with van der Waals surface area (Å²) in [5.74, 6) is 0.966. The Kier molecular flexibility index (Phi) is 6.18. The summed E-state index contributed by atoms with van der Waals surface area (Å²) >= 11 is 0.